The van der Waals surface area contributed by atoms with Gasteiger partial charge in [0.25, 0.3) is 5.91 Å². The molecule has 2 fully saturated rings. The average molecular weight is 316 g/mol. The highest BCUT2D eigenvalue weighted by molar-refractivity contribution is 5.96. The van der Waals surface area contributed by atoms with Crippen molar-refractivity contribution >= 4 is 17.7 Å². The fraction of sp³-hybridized carbons (Fsp3) is 0.500. The van der Waals surface area contributed by atoms with E-state index < -0.39 is 0 Å². The van der Waals surface area contributed by atoms with Gasteiger partial charge in [0.1, 0.15) is 0 Å². The van der Waals surface area contributed by atoms with E-state index >= 15 is 0 Å². The van der Waals surface area contributed by atoms with Crippen molar-refractivity contribution in [3.05, 3.63) is 29.6 Å². The largest absolute Gasteiger partial charge is 0.359 e. The molecule has 0 spiro atoms. The summed E-state index contributed by atoms with van der Waals surface area (Å²) in [6.45, 7) is 3.35. The monoisotopic (exact) mass is 316 g/mol. The third-order valence-corrected chi connectivity index (χ3v) is 4.64. The molecule has 2 aliphatic heterocycles. The Hall–Kier alpha value is -2.44. The van der Waals surface area contributed by atoms with E-state index in [9.17, 15) is 14.4 Å². The molecule has 7 nitrogen and oxygen atoms in total. The highest BCUT2D eigenvalue weighted by atomic mass is 16.2. The number of hydrogen-bond donors (Lipinski definition) is 1. The van der Waals surface area contributed by atoms with E-state index in [0.717, 1.165) is 5.56 Å². The minimum atomic E-state index is -0.280. The van der Waals surface area contributed by atoms with E-state index in [1.165, 1.54) is 0 Å². The number of nitrogens with zero attached hydrogens (tertiary/aromatic N) is 3. The van der Waals surface area contributed by atoms with Crippen molar-refractivity contribution < 1.29 is 14.4 Å². The van der Waals surface area contributed by atoms with Gasteiger partial charge >= 0.3 is 0 Å². The van der Waals surface area contributed by atoms with E-state index in [-0.39, 0.29) is 36.1 Å². The highest BCUT2D eigenvalue weighted by Crippen LogP contribution is 2.26. The number of pyridine rings is 1. The van der Waals surface area contributed by atoms with Crippen LogP contribution in [0.2, 0.25) is 0 Å². The van der Waals surface area contributed by atoms with Gasteiger partial charge in [-0.2, -0.15) is 0 Å². The number of amides is 3. The number of aromatic nitrogens is 1. The van der Waals surface area contributed by atoms with Gasteiger partial charge in [0.2, 0.25) is 11.8 Å². The lowest BCUT2D eigenvalue weighted by Crippen LogP contribution is -2.61. The molecule has 1 unspecified atom stereocenters. The van der Waals surface area contributed by atoms with Crippen LogP contribution >= 0.6 is 0 Å². The van der Waals surface area contributed by atoms with Crippen molar-refractivity contribution in [2.75, 3.05) is 26.7 Å². The average Bonchev–Trinajstić information content (AvgIpc) is 2.87. The van der Waals surface area contributed by atoms with Gasteiger partial charge in [0.15, 0.2) is 0 Å². The lowest BCUT2D eigenvalue weighted by molar-refractivity contribution is -0.132. The molecule has 1 aromatic heterocycles. The number of aryl methyl sites for hydroxylation is 1. The number of carbonyl (C=O) groups excluding carboxylic acids is 3. The predicted octanol–water partition coefficient (Wildman–Crippen LogP) is -0.191. The molecule has 1 aromatic rings. The molecular formula is C16H20N4O3. The number of rotatable bonds is 3. The minimum absolute atomic E-state index is 0.00624. The van der Waals surface area contributed by atoms with E-state index in [4.69, 9.17) is 0 Å². The molecule has 0 radical (unpaired) electrons. The van der Waals surface area contributed by atoms with Crippen LogP contribution in [0, 0.1) is 12.8 Å². The zero-order chi connectivity index (χ0) is 16.6. The smallest absolute Gasteiger partial charge is 0.255 e. The van der Waals surface area contributed by atoms with Crippen LogP contribution in [0.25, 0.3) is 0 Å². The van der Waals surface area contributed by atoms with Crippen molar-refractivity contribution in [2.45, 2.75) is 19.4 Å². The SMILES string of the molecule is CNC(=O)C1CC(=O)N(C2CN(C(=O)c3cnccc3C)C2)C1. The Labute approximate surface area is 134 Å². The van der Waals surface area contributed by atoms with Gasteiger partial charge in [-0.3, -0.25) is 19.4 Å². The summed E-state index contributed by atoms with van der Waals surface area (Å²) in [7, 11) is 1.58. The maximum absolute atomic E-state index is 12.4. The molecule has 0 saturated carbocycles. The maximum atomic E-state index is 12.4. The molecule has 3 heterocycles. The van der Waals surface area contributed by atoms with Crippen LogP contribution in [-0.2, 0) is 9.59 Å². The van der Waals surface area contributed by atoms with Crippen LogP contribution in [0.5, 0.6) is 0 Å². The number of carbonyl (C=O) groups is 3. The topological polar surface area (TPSA) is 82.6 Å². The summed E-state index contributed by atoms with van der Waals surface area (Å²) >= 11 is 0. The van der Waals surface area contributed by atoms with Crippen molar-refractivity contribution in [1.29, 1.82) is 0 Å². The summed E-state index contributed by atoms with van der Waals surface area (Å²) < 4.78 is 0. The zero-order valence-corrected chi connectivity index (χ0v) is 13.3. The fourth-order valence-electron chi connectivity index (χ4n) is 3.14. The summed E-state index contributed by atoms with van der Waals surface area (Å²) in [4.78, 5) is 43.6. The minimum Gasteiger partial charge on any atom is -0.359 e. The molecule has 2 aliphatic rings. The van der Waals surface area contributed by atoms with Crippen molar-refractivity contribution in [3.63, 3.8) is 0 Å². The highest BCUT2D eigenvalue weighted by Gasteiger charge is 2.43. The normalized spacial score (nSPS) is 21.3. The summed E-state index contributed by atoms with van der Waals surface area (Å²) in [5, 5.41) is 2.59. The van der Waals surface area contributed by atoms with Crippen LogP contribution in [-0.4, -0.2) is 65.2 Å². The molecule has 0 bridgehead atoms. The first kappa shape index (κ1) is 15.5. The maximum Gasteiger partial charge on any atom is 0.255 e. The molecule has 7 heteroatoms. The van der Waals surface area contributed by atoms with E-state index in [1.807, 2.05) is 13.0 Å². The fourth-order valence-corrected chi connectivity index (χ4v) is 3.14. The molecular weight excluding hydrogens is 296 g/mol. The molecule has 3 rings (SSSR count). The third kappa shape index (κ3) is 2.78. The van der Waals surface area contributed by atoms with E-state index in [2.05, 4.69) is 10.3 Å². The second-order valence-corrected chi connectivity index (χ2v) is 6.12. The Morgan fingerprint density at radius 1 is 1.30 bits per heavy atom. The first-order valence-corrected chi connectivity index (χ1v) is 7.72. The van der Waals surface area contributed by atoms with Crippen molar-refractivity contribution in [2.24, 2.45) is 5.92 Å². The van der Waals surface area contributed by atoms with Crippen LogP contribution in [0.3, 0.4) is 0 Å². The standard InChI is InChI=1S/C16H20N4O3/c1-10-3-4-18-6-13(10)16(23)19-8-12(9-19)20-7-11(5-14(20)21)15(22)17-2/h3-4,6,11-12H,5,7-9H2,1-2H3,(H,17,22). The number of likely N-dealkylation sites (tertiary alicyclic amines) is 2. The second-order valence-electron chi connectivity index (χ2n) is 6.12. The molecule has 1 atom stereocenters. The predicted molar refractivity (Wildman–Crippen MR) is 82.6 cm³/mol. The van der Waals surface area contributed by atoms with Gasteiger partial charge in [0.05, 0.1) is 17.5 Å². The quantitative estimate of drug-likeness (QED) is 0.838. The molecule has 3 amide bonds. The molecule has 23 heavy (non-hydrogen) atoms. The number of nitrogens with one attached hydrogen (secondary N) is 1. The van der Waals surface area contributed by atoms with Gasteiger partial charge in [-0.05, 0) is 18.6 Å². The molecule has 1 N–H and O–H groups in total. The van der Waals surface area contributed by atoms with Crippen LogP contribution in [0.1, 0.15) is 22.3 Å². The summed E-state index contributed by atoms with van der Waals surface area (Å²) in [6, 6.07) is 1.82. The van der Waals surface area contributed by atoms with Crippen molar-refractivity contribution in [3.8, 4) is 0 Å². The van der Waals surface area contributed by atoms with Crippen LogP contribution in [0.4, 0.5) is 0 Å². The molecule has 122 valence electrons. The Morgan fingerprint density at radius 3 is 2.70 bits per heavy atom. The zero-order valence-electron chi connectivity index (χ0n) is 13.3. The molecule has 2 saturated heterocycles. The van der Waals surface area contributed by atoms with Crippen molar-refractivity contribution in [1.82, 2.24) is 20.1 Å². The summed E-state index contributed by atoms with van der Waals surface area (Å²) in [5.74, 6) is -0.438. The van der Waals surface area contributed by atoms with Gasteiger partial charge in [0, 0.05) is 45.5 Å². The summed E-state index contributed by atoms with van der Waals surface area (Å²) in [6.07, 6.45) is 3.49. The molecule has 0 aliphatic carbocycles. The Balaban J connectivity index is 1.59. The Bertz CT molecular complexity index is 654. The lowest BCUT2D eigenvalue weighted by Gasteiger charge is -2.44. The third-order valence-electron chi connectivity index (χ3n) is 4.64. The van der Waals surface area contributed by atoms with Crippen LogP contribution in [0.15, 0.2) is 18.5 Å². The number of hydrogen-bond acceptors (Lipinski definition) is 4. The van der Waals surface area contributed by atoms with Gasteiger partial charge in [-0.25, -0.2) is 0 Å². The first-order chi connectivity index (χ1) is 11.0. The van der Waals surface area contributed by atoms with Crippen LogP contribution < -0.4 is 5.32 Å². The van der Waals surface area contributed by atoms with Gasteiger partial charge < -0.3 is 15.1 Å². The Kier molecular flexibility index (Phi) is 4.02. The van der Waals surface area contributed by atoms with E-state index in [0.29, 0.717) is 25.2 Å². The lowest BCUT2D eigenvalue weighted by atomic mass is 10.0. The molecule has 0 aromatic carbocycles. The van der Waals surface area contributed by atoms with Gasteiger partial charge in [-0.1, -0.05) is 0 Å². The summed E-state index contributed by atoms with van der Waals surface area (Å²) in [5.41, 5.74) is 1.49. The first-order valence-electron chi connectivity index (χ1n) is 7.72. The van der Waals surface area contributed by atoms with E-state index in [1.54, 1.807) is 29.2 Å². The Morgan fingerprint density at radius 2 is 2.04 bits per heavy atom. The van der Waals surface area contributed by atoms with Gasteiger partial charge in [-0.15, -0.1) is 0 Å². The second kappa shape index (κ2) is 5.98.